The van der Waals surface area contributed by atoms with Gasteiger partial charge in [0.2, 0.25) is 0 Å². The zero-order valence-corrected chi connectivity index (χ0v) is 12.0. The van der Waals surface area contributed by atoms with Crippen LogP contribution in [-0.4, -0.2) is 115 Å². The molecule has 0 spiro atoms. The van der Waals surface area contributed by atoms with Crippen molar-refractivity contribution in [3.8, 4) is 0 Å². The van der Waals surface area contributed by atoms with Crippen LogP contribution in [0.2, 0.25) is 0 Å². The van der Waals surface area contributed by atoms with E-state index in [2.05, 4.69) is 0 Å². The van der Waals surface area contributed by atoms with E-state index in [4.69, 9.17) is 24.4 Å². The fourth-order valence-electron chi connectivity index (χ4n) is 2.56. The first kappa shape index (κ1) is 18.9. The van der Waals surface area contributed by atoms with Gasteiger partial charge in [0.25, 0.3) is 0 Å². The molecule has 0 amide bonds. The van der Waals surface area contributed by atoms with Gasteiger partial charge in [-0.1, -0.05) is 0 Å². The van der Waals surface area contributed by atoms with Crippen LogP contribution in [0, 0.1) is 0 Å². The summed E-state index contributed by atoms with van der Waals surface area (Å²) in [5.74, 6) is 0. The number of hydrogen-bond acceptors (Lipinski definition) is 11. The van der Waals surface area contributed by atoms with Gasteiger partial charge in [-0.2, -0.15) is 0 Å². The Morgan fingerprint density at radius 2 is 1.22 bits per heavy atom. The van der Waals surface area contributed by atoms with Gasteiger partial charge in [-0.25, -0.2) is 0 Å². The second-order valence-electron chi connectivity index (χ2n) is 5.53. The summed E-state index contributed by atoms with van der Waals surface area (Å²) in [6.45, 7) is -1.34. The molecule has 136 valence electrons. The molecule has 23 heavy (non-hydrogen) atoms. The Balaban J connectivity index is 2.11. The van der Waals surface area contributed by atoms with Gasteiger partial charge < -0.3 is 55.1 Å². The average molecular weight is 342 g/mol. The highest BCUT2D eigenvalue weighted by atomic mass is 16.7. The topological polar surface area (TPSA) is 190 Å². The van der Waals surface area contributed by atoms with E-state index in [0.29, 0.717) is 0 Å². The van der Waals surface area contributed by atoms with Crippen molar-refractivity contribution in [1.29, 1.82) is 0 Å². The largest absolute Gasteiger partial charge is 0.394 e. The first-order chi connectivity index (χ1) is 10.8. The van der Waals surface area contributed by atoms with E-state index in [0.717, 1.165) is 0 Å². The maximum atomic E-state index is 10.00. The quantitative estimate of drug-likeness (QED) is 0.243. The van der Waals surface area contributed by atoms with Crippen LogP contribution >= 0.6 is 0 Å². The predicted molar refractivity (Wildman–Crippen MR) is 68.6 cm³/mol. The number of aliphatic hydroxyl groups excluding tert-OH is 8. The molecular formula is C12H22O11. The van der Waals surface area contributed by atoms with Crippen LogP contribution in [0.1, 0.15) is 0 Å². The highest BCUT2D eigenvalue weighted by Gasteiger charge is 2.50. The van der Waals surface area contributed by atoms with Gasteiger partial charge in [-0.05, 0) is 0 Å². The van der Waals surface area contributed by atoms with Crippen LogP contribution in [0.4, 0.5) is 0 Å². The van der Waals surface area contributed by atoms with E-state index in [1.807, 2.05) is 0 Å². The van der Waals surface area contributed by atoms with Gasteiger partial charge in [0.1, 0.15) is 48.8 Å². The summed E-state index contributed by atoms with van der Waals surface area (Å²) in [4.78, 5) is 0. The van der Waals surface area contributed by atoms with E-state index in [1.54, 1.807) is 0 Å². The lowest BCUT2D eigenvalue weighted by Crippen LogP contribution is -2.64. The van der Waals surface area contributed by atoms with Crippen molar-refractivity contribution < 1.29 is 55.1 Å². The Kier molecular flexibility index (Phi) is 6.27. The van der Waals surface area contributed by atoms with Crippen LogP contribution in [0.5, 0.6) is 0 Å². The third kappa shape index (κ3) is 3.65. The molecule has 0 saturated carbocycles. The van der Waals surface area contributed by atoms with Gasteiger partial charge in [0, 0.05) is 0 Å². The number of hydrogen-bond donors (Lipinski definition) is 8. The van der Waals surface area contributed by atoms with Gasteiger partial charge in [0.05, 0.1) is 13.2 Å². The summed E-state index contributed by atoms with van der Waals surface area (Å²) in [7, 11) is 0. The molecule has 11 heteroatoms. The molecule has 2 rings (SSSR count). The molecule has 2 aliphatic heterocycles. The molecule has 0 aromatic carbocycles. The van der Waals surface area contributed by atoms with Crippen molar-refractivity contribution in [2.75, 3.05) is 13.2 Å². The normalized spacial score (nSPS) is 51.7. The number of rotatable bonds is 4. The standard InChI is InChI=1S/C12H22O11/c13-1-3-5(15)7(17)8(18)12(22-3)23-10-6(16)4(2-14)21-11(20)9(10)19/h3-20H,1-2H2/t3?,4?,5-,6+,7+,8+,9+,10+,11?,12?/m1/s1. The minimum Gasteiger partial charge on any atom is -0.394 e. The first-order valence-corrected chi connectivity index (χ1v) is 7.08. The minimum atomic E-state index is -1.76. The summed E-state index contributed by atoms with van der Waals surface area (Å²) in [6.07, 6.45) is -15.7. The summed E-state index contributed by atoms with van der Waals surface area (Å²) in [5.41, 5.74) is 0. The molecule has 10 atom stereocenters. The number of ether oxygens (including phenoxy) is 3. The zero-order chi connectivity index (χ0) is 17.3. The van der Waals surface area contributed by atoms with Crippen molar-refractivity contribution in [3.63, 3.8) is 0 Å². The fraction of sp³-hybridized carbons (Fsp3) is 1.00. The Morgan fingerprint density at radius 1 is 0.652 bits per heavy atom. The van der Waals surface area contributed by atoms with Crippen molar-refractivity contribution >= 4 is 0 Å². The molecule has 2 saturated heterocycles. The van der Waals surface area contributed by atoms with E-state index in [-0.39, 0.29) is 0 Å². The van der Waals surface area contributed by atoms with Gasteiger partial charge in [-0.15, -0.1) is 0 Å². The Hall–Kier alpha value is -0.440. The third-order valence-electron chi connectivity index (χ3n) is 3.98. The lowest BCUT2D eigenvalue weighted by Gasteiger charge is -2.45. The number of aliphatic hydroxyl groups is 8. The Bertz CT molecular complexity index is 380. The highest BCUT2D eigenvalue weighted by Crippen LogP contribution is 2.28. The van der Waals surface area contributed by atoms with E-state index in [9.17, 15) is 30.6 Å². The molecular weight excluding hydrogens is 320 g/mol. The van der Waals surface area contributed by atoms with Crippen LogP contribution in [0.3, 0.4) is 0 Å². The van der Waals surface area contributed by atoms with Crippen LogP contribution in [0.25, 0.3) is 0 Å². The summed E-state index contributed by atoms with van der Waals surface area (Å²) >= 11 is 0. The molecule has 0 aliphatic carbocycles. The van der Waals surface area contributed by atoms with E-state index < -0.39 is 74.6 Å². The molecule has 2 fully saturated rings. The van der Waals surface area contributed by atoms with E-state index in [1.165, 1.54) is 0 Å². The van der Waals surface area contributed by atoms with Crippen molar-refractivity contribution in [3.05, 3.63) is 0 Å². The maximum absolute atomic E-state index is 10.00. The maximum Gasteiger partial charge on any atom is 0.187 e. The molecule has 8 N–H and O–H groups in total. The van der Waals surface area contributed by atoms with Crippen molar-refractivity contribution in [2.45, 2.75) is 61.4 Å². The summed E-state index contributed by atoms with van der Waals surface area (Å²) < 4.78 is 15.1. The van der Waals surface area contributed by atoms with Crippen LogP contribution in [-0.2, 0) is 14.2 Å². The van der Waals surface area contributed by atoms with Crippen molar-refractivity contribution in [1.82, 2.24) is 0 Å². The van der Waals surface area contributed by atoms with E-state index >= 15 is 0 Å². The molecule has 0 aromatic rings. The molecule has 0 aromatic heterocycles. The lowest BCUT2D eigenvalue weighted by atomic mass is 9.97. The van der Waals surface area contributed by atoms with Gasteiger partial charge in [0.15, 0.2) is 12.6 Å². The summed E-state index contributed by atoms with van der Waals surface area (Å²) in [6, 6.07) is 0. The summed E-state index contributed by atoms with van der Waals surface area (Å²) in [5, 5.41) is 76.8. The second-order valence-corrected chi connectivity index (χ2v) is 5.53. The zero-order valence-electron chi connectivity index (χ0n) is 12.0. The first-order valence-electron chi connectivity index (χ1n) is 7.08. The van der Waals surface area contributed by atoms with Crippen LogP contribution < -0.4 is 0 Å². The van der Waals surface area contributed by atoms with Gasteiger partial charge >= 0.3 is 0 Å². The lowest BCUT2D eigenvalue weighted by molar-refractivity contribution is -0.355. The molecule has 11 nitrogen and oxygen atoms in total. The van der Waals surface area contributed by atoms with Gasteiger partial charge in [-0.3, -0.25) is 0 Å². The SMILES string of the molecule is OCC1OC(O[C@@H]2[C@H](O)C(O)OC(CO)[C@@H]2O)[C@@H](O)[C@@H](O)[C@@H]1O. The molecule has 0 bridgehead atoms. The third-order valence-corrected chi connectivity index (χ3v) is 3.98. The smallest absolute Gasteiger partial charge is 0.187 e. The van der Waals surface area contributed by atoms with Crippen molar-refractivity contribution in [2.24, 2.45) is 0 Å². The Morgan fingerprint density at radius 3 is 1.78 bits per heavy atom. The molecule has 0 radical (unpaired) electrons. The molecule has 2 heterocycles. The van der Waals surface area contributed by atoms with Crippen LogP contribution in [0.15, 0.2) is 0 Å². The predicted octanol–water partition coefficient (Wildman–Crippen LogP) is -5.40. The minimum absolute atomic E-state index is 0.667. The highest BCUT2D eigenvalue weighted by molar-refractivity contribution is 4.93. The molecule has 2 aliphatic rings. The molecule has 4 unspecified atom stereocenters. The average Bonchev–Trinajstić information content (AvgIpc) is 2.54. The Labute approximate surface area is 130 Å². The fourth-order valence-corrected chi connectivity index (χ4v) is 2.56. The monoisotopic (exact) mass is 342 g/mol. The second kappa shape index (κ2) is 7.63.